The summed E-state index contributed by atoms with van der Waals surface area (Å²) >= 11 is 1.15. The summed E-state index contributed by atoms with van der Waals surface area (Å²) in [7, 11) is -7.39. The molecule has 0 saturated heterocycles. The number of benzene rings is 2. The molecule has 8 nitrogen and oxygen atoms in total. The predicted molar refractivity (Wildman–Crippen MR) is 116 cm³/mol. The third kappa shape index (κ3) is 5.04. The number of hydrogen-bond acceptors (Lipinski definition) is 7. The Labute approximate surface area is 179 Å². The first kappa shape index (κ1) is 21.9. The van der Waals surface area contributed by atoms with Crippen LogP contribution in [0.15, 0.2) is 69.9 Å². The molecule has 0 bridgehead atoms. The number of aromatic nitrogens is 1. The van der Waals surface area contributed by atoms with Gasteiger partial charge in [0.1, 0.15) is 0 Å². The zero-order chi connectivity index (χ0) is 21.8. The van der Waals surface area contributed by atoms with Crippen LogP contribution in [0.4, 0.5) is 10.8 Å². The number of sulfone groups is 1. The summed E-state index contributed by atoms with van der Waals surface area (Å²) < 4.78 is 52.0. The Bertz CT molecular complexity index is 1240. The fourth-order valence-electron chi connectivity index (χ4n) is 2.67. The third-order valence-electron chi connectivity index (χ3n) is 4.02. The van der Waals surface area contributed by atoms with Crippen LogP contribution in [0, 0.1) is 0 Å². The van der Waals surface area contributed by atoms with Crippen LogP contribution >= 0.6 is 11.3 Å². The summed E-state index contributed by atoms with van der Waals surface area (Å²) in [6.07, 6.45) is 1.92. The summed E-state index contributed by atoms with van der Waals surface area (Å²) in [4.78, 5) is 16.5. The van der Waals surface area contributed by atoms with Crippen molar-refractivity contribution in [3.05, 3.63) is 65.7 Å². The SMILES string of the molecule is CCCS(=O)(=O)c1ccccc1C(=O)Nc1ccc(S(=O)(=O)Nc2nccs2)cc1. The standard InChI is InChI=1S/C19H19N3O5S3/c1-2-13-29(24,25)17-6-4-3-5-16(17)18(23)21-14-7-9-15(10-8-14)30(26,27)22-19-20-11-12-28-19/h3-12H,2,13H2,1H3,(H,20,22)(H,21,23). The van der Waals surface area contributed by atoms with Gasteiger partial charge in [0.2, 0.25) is 0 Å². The van der Waals surface area contributed by atoms with E-state index >= 15 is 0 Å². The Kier molecular flexibility index (Phi) is 6.54. The fraction of sp³-hybridized carbons (Fsp3) is 0.158. The van der Waals surface area contributed by atoms with Crippen molar-refractivity contribution in [2.45, 2.75) is 23.1 Å². The van der Waals surface area contributed by atoms with Crippen LogP contribution in [0.3, 0.4) is 0 Å². The largest absolute Gasteiger partial charge is 0.322 e. The van der Waals surface area contributed by atoms with E-state index in [1.165, 1.54) is 42.6 Å². The highest BCUT2D eigenvalue weighted by Gasteiger charge is 2.22. The van der Waals surface area contributed by atoms with E-state index < -0.39 is 25.8 Å². The summed E-state index contributed by atoms with van der Waals surface area (Å²) in [5.41, 5.74) is 0.365. The van der Waals surface area contributed by atoms with Gasteiger partial charge in [0.15, 0.2) is 15.0 Å². The van der Waals surface area contributed by atoms with Gasteiger partial charge in [-0.2, -0.15) is 0 Å². The molecule has 1 heterocycles. The van der Waals surface area contributed by atoms with Gasteiger partial charge in [-0.3, -0.25) is 9.52 Å². The van der Waals surface area contributed by atoms with E-state index in [0.717, 1.165) is 11.3 Å². The minimum Gasteiger partial charge on any atom is -0.322 e. The molecule has 0 spiro atoms. The molecule has 1 aromatic heterocycles. The first-order valence-electron chi connectivity index (χ1n) is 8.88. The number of nitrogens with zero attached hydrogens (tertiary/aromatic N) is 1. The van der Waals surface area contributed by atoms with Gasteiger partial charge in [-0.05, 0) is 42.8 Å². The quantitative estimate of drug-likeness (QED) is 0.526. The normalized spacial score (nSPS) is 11.8. The number of carbonyl (C=O) groups excluding carboxylic acids is 1. The third-order valence-corrected chi connectivity index (χ3v) is 8.16. The van der Waals surface area contributed by atoms with E-state index in [9.17, 15) is 21.6 Å². The van der Waals surface area contributed by atoms with E-state index in [2.05, 4.69) is 15.0 Å². The molecule has 11 heteroatoms. The molecule has 3 aromatic rings. The molecule has 2 N–H and O–H groups in total. The van der Waals surface area contributed by atoms with E-state index in [4.69, 9.17) is 0 Å². The second kappa shape index (κ2) is 8.94. The maximum atomic E-state index is 12.7. The molecular formula is C19H19N3O5S3. The molecule has 0 radical (unpaired) electrons. The van der Waals surface area contributed by atoms with E-state index in [-0.39, 0.29) is 26.2 Å². The van der Waals surface area contributed by atoms with Gasteiger partial charge in [0.25, 0.3) is 15.9 Å². The Hall–Kier alpha value is -2.76. The molecular weight excluding hydrogens is 446 g/mol. The van der Waals surface area contributed by atoms with E-state index in [0.29, 0.717) is 12.1 Å². The first-order valence-corrected chi connectivity index (χ1v) is 12.9. The number of sulfonamides is 1. The summed E-state index contributed by atoms with van der Waals surface area (Å²) in [6, 6.07) is 11.5. The molecule has 0 fully saturated rings. The molecule has 0 aliphatic carbocycles. The van der Waals surface area contributed by atoms with Crippen LogP contribution in [-0.4, -0.2) is 33.5 Å². The monoisotopic (exact) mass is 465 g/mol. The van der Waals surface area contributed by atoms with Crippen molar-refractivity contribution in [1.29, 1.82) is 0 Å². The fourth-order valence-corrected chi connectivity index (χ4v) is 6.00. The number of carbonyl (C=O) groups is 1. The topological polar surface area (TPSA) is 122 Å². The lowest BCUT2D eigenvalue weighted by molar-refractivity contribution is 0.102. The van der Waals surface area contributed by atoms with Gasteiger partial charge in [0.05, 0.1) is 21.1 Å². The number of anilines is 2. The molecule has 0 aliphatic heterocycles. The van der Waals surface area contributed by atoms with Gasteiger partial charge < -0.3 is 5.32 Å². The lowest BCUT2D eigenvalue weighted by Crippen LogP contribution is -2.18. The summed E-state index contributed by atoms with van der Waals surface area (Å²) in [6.45, 7) is 1.75. The van der Waals surface area contributed by atoms with Crippen LogP contribution in [-0.2, 0) is 19.9 Å². The maximum absolute atomic E-state index is 12.7. The summed E-state index contributed by atoms with van der Waals surface area (Å²) in [5, 5.41) is 4.50. The average molecular weight is 466 g/mol. The van der Waals surface area contributed by atoms with E-state index in [1.807, 2.05) is 0 Å². The van der Waals surface area contributed by atoms with Crippen molar-refractivity contribution < 1.29 is 21.6 Å². The van der Waals surface area contributed by atoms with E-state index in [1.54, 1.807) is 24.4 Å². The zero-order valence-electron chi connectivity index (χ0n) is 15.9. The maximum Gasteiger partial charge on any atom is 0.263 e. The van der Waals surface area contributed by atoms with Crippen LogP contribution in [0.2, 0.25) is 0 Å². The highest BCUT2D eigenvalue weighted by atomic mass is 32.2. The summed E-state index contributed by atoms with van der Waals surface area (Å²) in [5.74, 6) is -0.655. The van der Waals surface area contributed by atoms with Crippen molar-refractivity contribution in [1.82, 2.24) is 4.98 Å². The van der Waals surface area contributed by atoms with Crippen molar-refractivity contribution in [3.8, 4) is 0 Å². The second-order valence-corrected chi connectivity index (χ2v) is 10.9. The van der Waals surface area contributed by atoms with Gasteiger partial charge in [-0.15, -0.1) is 11.3 Å². The Morgan fingerprint density at radius 3 is 2.37 bits per heavy atom. The Balaban J connectivity index is 1.79. The van der Waals surface area contributed by atoms with Crippen molar-refractivity contribution in [2.75, 3.05) is 15.8 Å². The molecule has 0 aliphatic rings. The van der Waals surface area contributed by atoms with Crippen LogP contribution in [0.5, 0.6) is 0 Å². The minimum atomic E-state index is -3.81. The van der Waals surface area contributed by atoms with Crippen LogP contribution in [0.25, 0.3) is 0 Å². The van der Waals surface area contributed by atoms with Crippen molar-refractivity contribution >= 4 is 47.9 Å². The smallest absolute Gasteiger partial charge is 0.263 e. The predicted octanol–water partition coefficient (Wildman–Crippen LogP) is 3.38. The molecule has 2 aromatic carbocycles. The number of hydrogen-bond donors (Lipinski definition) is 2. The lowest BCUT2D eigenvalue weighted by atomic mass is 10.2. The van der Waals surface area contributed by atoms with Gasteiger partial charge in [0, 0.05) is 17.3 Å². The molecule has 30 heavy (non-hydrogen) atoms. The van der Waals surface area contributed by atoms with Crippen molar-refractivity contribution in [3.63, 3.8) is 0 Å². The molecule has 0 atom stereocenters. The zero-order valence-corrected chi connectivity index (χ0v) is 18.4. The molecule has 0 saturated carbocycles. The number of thiazole rings is 1. The molecule has 158 valence electrons. The molecule has 0 unspecified atom stereocenters. The highest BCUT2D eigenvalue weighted by Crippen LogP contribution is 2.22. The van der Waals surface area contributed by atoms with Gasteiger partial charge in [-0.1, -0.05) is 19.1 Å². The van der Waals surface area contributed by atoms with Crippen LogP contribution in [0.1, 0.15) is 23.7 Å². The molecule has 3 rings (SSSR count). The average Bonchev–Trinajstić information content (AvgIpc) is 3.20. The number of rotatable bonds is 8. The van der Waals surface area contributed by atoms with Crippen LogP contribution < -0.4 is 10.0 Å². The Morgan fingerprint density at radius 1 is 1.03 bits per heavy atom. The molecule has 1 amide bonds. The Morgan fingerprint density at radius 2 is 1.73 bits per heavy atom. The van der Waals surface area contributed by atoms with Gasteiger partial charge in [-0.25, -0.2) is 21.8 Å². The van der Waals surface area contributed by atoms with Crippen molar-refractivity contribution in [2.24, 2.45) is 0 Å². The first-order chi connectivity index (χ1) is 14.2. The minimum absolute atomic E-state index is 0.00150. The number of nitrogens with one attached hydrogen (secondary N) is 2. The second-order valence-electron chi connectivity index (χ2n) is 6.24. The highest BCUT2D eigenvalue weighted by molar-refractivity contribution is 7.93. The lowest BCUT2D eigenvalue weighted by Gasteiger charge is -2.11. The van der Waals surface area contributed by atoms with Gasteiger partial charge >= 0.3 is 0 Å². The number of amides is 1.